The zero-order chi connectivity index (χ0) is 13.7. The Morgan fingerprint density at radius 1 is 1.56 bits per heavy atom. The zero-order valence-electron chi connectivity index (χ0n) is 10.6. The van der Waals surface area contributed by atoms with E-state index in [1.165, 1.54) is 14.0 Å². The molecule has 98 valence electrons. The Hall–Kier alpha value is -1.57. The van der Waals surface area contributed by atoms with Crippen LogP contribution in [0.2, 0.25) is 0 Å². The molecule has 0 aromatic rings. The van der Waals surface area contributed by atoms with E-state index >= 15 is 0 Å². The first-order valence-corrected chi connectivity index (χ1v) is 5.85. The second-order valence-corrected chi connectivity index (χ2v) is 4.30. The Labute approximate surface area is 107 Å². The fourth-order valence-electron chi connectivity index (χ4n) is 2.20. The summed E-state index contributed by atoms with van der Waals surface area (Å²) in [5.74, 6) is -2.17. The Balaban J connectivity index is 2.78. The molecule has 5 heteroatoms. The van der Waals surface area contributed by atoms with E-state index < -0.39 is 29.9 Å². The van der Waals surface area contributed by atoms with Crippen molar-refractivity contribution >= 4 is 11.9 Å². The van der Waals surface area contributed by atoms with E-state index in [-0.39, 0.29) is 5.92 Å². The molecule has 1 rings (SSSR count). The highest BCUT2D eigenvalue weighted by molar-refractivity contribution is 5.84. The van der Waals surface area contributed by atoms with Crippen molar-refractivity contribution in [2.45, 2.75) is 25.9 Å². The molecule has 0 aromatic carbocycles. The molecule has 0 spiro atoms. The zero-order valence-corrected chi connectivity index (χ0v) is 10.6. The second kappa shape index (κ2) is 6.39. The molecule has 0 N–H and O–H groups in total. The predicted octanol–water partition coefficient (Wildman–Crippen LogP) is 1.30. The second-order valence-electron chi connectivity index (χ2n) is 4.30. The van der Waals surface area contributed by atoms with Crippen LogP contribution >= 0.6 is 0 Å². The van der Waals surface area contributed by atoms with Crippen molar-refractivity contribution in [3.63, 3.8) is 0 Å². The van der Waals surface area contributed by atoms with Crippen molar-refractivity contribution in [2.75, 3.05) is 7.11 Å². The molecule has 18 heavy (non-hydrogen) atoms. The highest BCUT2D eigenvalue weighted by Gasteiger charge is 2.45. The van der Waals surface area contributed by atoms with Gasteiger partial charge in [0.05, 0.1) is 18.9 Å². The highest BCUT2D eigenvalue weighted by atomic mass is 16.5. The number of nitriles is 1. The van der Waals surface area contributed by atoms with Crippen LogP contribution in [0.25, 0.3) is 0 Å². The Morgan fingerprint density at radius 3 is 2.72 bits per heavy atom. The number of hydrogen-bond acceptors (Lipinski definition) is 5. The molecule has 1 fully saturated rings. The van der Waals surface area contributed by atoms with Crippen molar-refractivity contribution in [3.8, 4) is 6.07 Å². The SMILES string of the molecule is [CH2]CC1C[CH]C(C(=O)OC(C)C#N)C1C(=O)OC. The van der Waals surface area contributed by atoms with E-state index in [0.29, 0.717) is 12.8 Å². The molecular weight excluding hydrogens is 234 g/mol. The van der Waals surface area contributed by atoms with Gasteiger partial charge < -0.3 is 9.47 Å². The average Bonchev–Trinajstić information content (AvgIpc) is 2.81. The quantitative estimate of drug-likeness (QED) is 0.704. The van der Waals surface area contributed by atoms with Gasteiger partial charge in [0.1, 0.15) is 6.07 Å². The number of carbonyl (C=O) groups excluding carboxylic acids is 2. The minimum atomic E-state index is -0.817. The summed E-state index contributed by atoms with van der Waals surface area (Å²) in [4.78, 5) is 23.6. The lowest BCUT2D eigenvalue weighted by atomic mass is 9.88. The highest BCUT2D eigenvalue weighted by Crippen LogP contribution is 2.39. The molecule has 0 aromatic heterocycles. The summed E-state index contributed by atoms with van der Waals surface area (Å²) in [6.07, 6.45) is 2.12. The largest absolute Gasteiger partial charge is 0.469 e. The van der Waals surface area contributed by atoms with E-state index in [1.54, 1.807) is 6.42 Å². The molecule has 0 amide bonds. The number of hydrogen-bond donors (Lipinski definition) is 0. The van der Waals surface area contributed by atoms with Gasteiger partial charge in [-0.3, -0.25) is 9.59 Å². The molecule has 4 unspecified atom stereocenters. The maximum Gasteiger partial charge on any atom is 0.311 e. The summed E-state index contributed by atoms with van der Waals surface area (Å²) in [6.45, 7) is 5.26. The molecule has 0 aliphatic heterocycles. The van der Waals surface area contributed by atoms with Gasteiger partial charge in [0.2, 0.25) is 0 Å². The van der Waals surface area contributed by atoms with Crippen LogP contribution in [0, 0.1) is 42.4 Å². The molecule has 4 atom stereocenters. The van der Waals surface area contributed by atoms with E-state index in [2.05, 4.69) is 6.92 Å². The van der Waals surface area contributed by atoms with Gasteiger partial charge in [-0.2, -0.15) is 5.26 Å². The number of esters is 2. The van der Waals surface area contributed by atoms with E-state index in [4.69, 9.17) is 14.7 Å². The monoisotopic (exact) mass is 251 g/mol. The van der Waals surface area contributed by atoms with Crippen molar-refractivity contribution < 1.29 is 19.1 Å². The Morgan fingerprint density at radius 2 is 2.22 bits per heavy atom. The standard InChI is InChI=1S/C13H17NO4/c1-4-9-5-6-10(11(9)13(16)17-3)12(15)18-8(2)7-14/h6,8-11H,1,4-5H2,2-3H3. The lowest BCUT2D eigenvalue weighted by Gasteiger charge is -2.21. The molecule has 1 aliphatic carbocycles. The first-order chi connectivity index (χ1) is 8.54. The fraction of sp³-hybridized carbons (Fsp3) is 0.615. The fourth-order valence-corrected chi connectivity index (χ4v) is 2.20. The summed E-state index contributed by atoms with van der Waals surface area (Å²) in [5, 5.41) is 8.61. The van der Waals surface area contributed by atoms with Crippen LogP contribution in [0.1, 0.15) is 19.8 Å². The third kappa shape index (κ3) is 3.00. The molecule has 0 bridgehead atoms. The molecule has 2 radical (unpaired) electrons. The van der Waals surface area contributed by atoms with Crippen molar-refractivity contribution in [2.24, 2.45) is 17.8 Å². The minimum Gasteiger partial charge on any atom is -0.469 e. The molecule has 5 nitrogen and oxygen atoms in total. The average molecular weight is 251 g/mol. The molecule has 0 heterocycles. The third-order valence-electron chi connectivity index (χ3n) is 3.18. The van der Waals surface area contributed by atoms with Crippen molar-refractivity contribution in [3.05, 3.63) is 13.3 Å². The minimum absolute atomic E-state index is 0.00704. The number of methoxy groups -OCH3 is 1. The molecule has 0 saturated heterocycles. The summed E-state index contributed by atoms with van der Waals surface area (Å²) in [5.41, 5.74) is 0. The normalized spacial score (nSPS) is 28.2. The van der Waals surface area contributed by atoms with Gasteiger partial charge in [-0.1, -0.05) is 6.92 Å². The number of ether oxygens (including phenoxy) is 2. The number of rotatable bonds is 4. The summed E-state index contributed by atoms with van der Waals surface area (Å²) in [7, 11) is 1.29. The van der Waals surface area contributed by atoms with E-state index in [1.807, 2.05) is 6.07 Å². The smallest absolute Gasteiger partial charge is 0.311 e. The maximum absolute atomic E-state index is 11.9. The summed E-state index contributed by atoms with van der Waals surface area (Å²) in [6, 6.07) is 1.82. The van der Waals surface area contributed by atoms with Crippen LogP contribution in [0.5, 0.6) is 0 Å². The van der Waals surface area contributed by atoms with Crippen molar-refractivity contribution in [1.82, 2.24) is 0 Å². The van der Waals surface area contributed by atoms with Gasteiger partial charge >= 0.3 is 11.9 Å². The molecular formula is C13H17NO4. The predicted molar refractivity (Wildman–Crippen MR) is 62.5 cm³/mol. The molecule has 1 saturated carbocycles. The summed E-state index contributed by atoms with van der Waals surface area (Å²) < 4.78 is 9.66. The van der Waals surface area contributed by atoms with Crippen LogP contribution in [0.3, 0.4) is 0 Å². The van der Waals surface area contributed by atoms with Gasteiger partial charge in [-0.25, -0.2) is 0 Å². The first kappa shape index (κ1) is 14.5. The molecule has 1 aliphatic rings. The Bertz CT molecular complexity index is 360. The van der Waals surface area contributed by atoms with E-state index in [0.717, 1.165) is 0 Å². The van der Waals surface area contributed by atoms with Crippen molar-refractivity contribution in [1.29, 1.82) is 5.26 Å². The van der Waals surface area contributed by atoms with Crippen LogP contribution in [0.15, 0.2) is 0 Å². The van der Waals surface area contributed by atoms with Gasteiger partial charge in [-0.15, -0.1) is 0 Å². The van der Waals surface area contributed by atoms with Gasteiger partial charge in [0.25, 0.3) is 0 Å². The van der Waals surface area contributed by atoms with Crippen LogP contribution in [0.4, 0.5) is 0 Å². The van der Waals surface area contributed by atoms with Crippen LogP contribution < -0.4 is 0 Å². The third-order valence-corrected chi connectivity index (χ3v) is 3.18. The van der Waals surface area contributed by atoms with Crippen LogP contribution in [-0.4, -0.2) is 25.2 Å². The Kier molecular flexibility index (Phi) is 5.14. The number of nitrogens with zero attached hydrogens (tertiary/aromatic N) is 1. The topological polar surface area (TPSA) is 76.4 Å². The van der Waals surface area contributed by atoms with Crippen LogP contribution in [-0.2, 0) is 19.1 Å². The van der Waals surface area contributed by atoms with Gasteiger partial charge in [-0.05, 0) is 32.1 Å². The lowest BCUT2D eigenvalue weighted by Crippen LogP contribution is -2.32. The van der Waals surface area contributed by atoms with E-state index in [9.17, 15) is 9.59 Å². The lowest BCUT2D eigenvalue weighted by molar-refractivity contribution is -0.159. The van der Waals surface area contributed by atoms with Gasteiger partial charge in [0.15, 0.2) is 6.10 Å². The summed E-state index contributed by atoms with van der Waals surface area (Å²) >= 11 is 0. The van der Waals surface area contributed by atoms with Gasteiger partial charge in [0, 0.05) is 0 Å². The maximum atomic E-state index is 11.9. The first-order valence-electron chi connectivity index (χ1n) is 5.85. The number of carbonyl (C=O) groups is 2.